The Bertz CT molecular complexity index is 2070. The summed E-state index contributed by atoms with van der Waals surface area (Å²) >= 11 is 0. The van der Waals surface area contributed by atoms with E-state index < -0.39 is 0 Å². The lowest BCUT2D eigenvalue weighted by Crippen LogP contribution is -2.55. The largest absolute Gasteiger partial charge is 0.496 e. The Labute approximate surface area is 346 Å². The van der Waals surface area contributed by atoms with Gasteiger partial charge < -0.3 is 9.47 Å². The zero-order chi connectivity index (χ0) is 43.7. The highest BCUT2D eigenvalue weighted by Crippen LogP contribution is 2.27. The van der Waals surface area contributed by atoms with E-state index in [9.17, 15) is 19.2 Å². The van der Waals surface area contributed by atoms with Crippen molar-refractivity contribution in [1.29, 1.82) is 0 Å². The van der Waals surface area contributed by atoms with E-state index in [0.29, 0.717) is 46.7 Å². The molecule has 0 aliphatic rings. The van der Waals surface area contributed by atoms with Gasteiger partial charge in [-0.25, -0.2) is 10.0 Å². The van der Waals surface area contributed by atoms with Crippen LogP contribution in [-0.2, 0) is 6.42 Å². The van der Waals surface area contributed by atoms with E-state index in [1.165, 1.54) is 10.0 Å². The molecule has 10 heteroatoms. The van der Waals surface area contributed by atoms with Crippen molar-refractivity contribution >= 4 is 23.6 Å². The molecule has 4 aromatic rings. The van der Waals surface area contributed by atoms with Crippen molar-refractivity contribution in [3.05, 3.63) is 128 Å². The number of hydrogen-bond donors (Lipinski definition) is 2. The normalized spacial score (nSPS) is 11.7. The molecule has 4 amide bonds. The van der Waals surface area contributed by atoms with Gasteiger partial charge in [-0.05, 0) is 107 Å². The summed E-state index contributed by atoms with van der Waals surface area (Å²) in [5, 5.41) is 2.88. The molecule has 0 fully saturated rings. The first kappa shape index (κ1) is 46.7. The molecule has 0 aromatic heterocycles. The monoisotopic (exact) mass is 792 g/mol. The predicted molar refractivity (Wildman–Crippen MR) is 232 cm³/mol. The molecule has 0 radical (unpaired) electrons. The zero-order valence-electron chi connectivity index (χ0n) is 37.3. The number of benzene rings is 4. The zero-order valence-corrected chi connectivity index (χ0v) is 37.3. The van der Waals surface area contributed by atoms with Gasteiger partial charge in [0.25, 0.3) is 23.6 Å². The average molecular weight is 793 g/mol. The summed E-state index contributed by atoms with van der Waals surface area (Å²) in [6.45, 7) is 26.2. The SMILES string of the molecule is CCc1c(OC)cccc1C(=O)NN(CC(C)(C)C)C(=O)c1cc(C)cc(C)c1.COc1cccc(C(=O)NN(C(=O)c2cc(C)cc(C)c2)C(C)C(C)(C)C)c1C. The molecular formula is C48H64N4O6. The van der Waals surface area contributed by atoms with Gasteiger partial charge in [0.2, 0.25) is 0 Å². The second-order valence-electron chi connectivity index (χ2n) is 17.3. The van der Waals surface area contributed by atoms with Crippen molar-refractivity contribution in [1.82, 2.24) is 20.9 Å². The number of nitrogens with zero attached hydrogens (tertiary/aromatic N) is 2. The molecule has 4 rings (SSSR count). The molecule has 0 saturated heterocycles. The molecule has 0 aliphatic carbocycles. The molecule has 312 valence electrons. The number of rotatable bonds is 9. The fourth-order valence-corrected chi connectivity index (χ4v) is 6.61. The van der Waals surface area contributed by atoms with Crippen LogP contribution in [0.15, 0.2) is 72.8 Å². The molecule has 0 saturated carbocycles. The minimum atomic E-state index is -0.338. The molecule has 2 N–H and O–H groups in total. The summed E-state index contributed by atoms with van der Waals surface area (Å²) in [7, 11) is 3.16. The Morgan fingerprint density at radius 3 is 1.53 bits per heavy atom. The Hall–Kier alpha value is -5.64. The van der Waals surface area contributed by atoms with Gasteiger partial charge in [-0.15, -0.1) is 0 Å². The highest BCUT2D eigenvalue weighted by Gasteiger charge is 2.33. The lowest BCUT2D eigenvalue weighted by Gasteiger charge is -2.37. The number of hydrazine groups is 2. The molecule has 1 atom stereocenters. The van der Waals surface area contributed by atoms with Crippen LogP contribution >= 0.6 is 0 Å². The number of carbonyl (C=O) groups is 4. The molecule has 0 heterocycles. The van der Waals surface area contributed by atoms with Gasteiger partial charge in [0, 0.05) is 39.9 Å². The number of amides is 4. The fourth-order valence-electron chi connectivity index (χ4n) is 6.61. The Morgan fingerprint density at radius 2 is 1.09 bits per heavy atom. The summed E-state index contributed by atoms with van der Waals surface area (Å²) in [6.07, 6.45) is 0.650. The van der Waals surface area contributed by atoms with E-state index >= 15 is 0 Å². The maximum atomic E-state index is 13.4. The Kier molecular flexibility index (Phi) is 15.9. The lowest BCUT2D eigenvalue weighted by atomic mass is 9.87. The van der Waals surface area contributed by atoms with Crippen molar-refractivity contribution in [2.24, 2.45) is 10.8 Å². The third kappa shape index (κ3) is 12.4. The van der Waals surface area contributed by atoms with E-state index in [4.69, 9.17) is 9.47 Å². The fraction of sp³-hybridized carbons (Fsp3) is 0.417. The number of ether oxygens (including phenoxy) is 2. The van der Waals surface area contributed by atoms with Gasteiger partial charge in [-0.1, -0.05) is 95.0 Å². The summed E-state index contributed by atoms with van der Waals surface area (Å²) in [5.41, 5.74) is 13.0. The predicted octanol–water partition coefficient (Wildman–Crippen LogP) is 9.55. The van der Waals surface area contributed by atoms with Crippen LogP contribution in [0.5, 0.6) is 11.5 Å². The molecule has 10 nitrogen and oxygen atoms in total. The molecule has 0 bridgehead atoms. The Balaban J connectivity index is 0.000000310. The number of aryl methyl sites for hydroxylation is 4. The first-order valence-electron chi connectivity index (χ1n) is 19.7. The van der Waals surface area contributed by atoms with Crippen molar-refractivity contribution in [3.63, 3.8) is 0 Å². The van der Waals surface area contributed by atoms with Crippen LogP contribution < -0.4 is 20.3 Å². The van der Waals surface area contributed by atoms with Crippen molar-refractivity contribution in [2.45, 2.75) is 102 Å². The topological polar surface area (TPSA) is 117 Å². The van der Waals surface area contributed by atoms with Crippen LogP contribution in [0.4, 0.5) is 0 Å². The van der Waals surface area contributed by atoms with E-state index in [0.717, 1.165) is 33.4 Å². The molecular weight excluding hydrogens is 729 g/mol. The highest BCUT2D eigenvalue weighted by molar-refractivity contribution is 6.01. The second-order valence-corrected chi connectivity index (χ2v) is 17.3. The summed E-state index contributed by atoms with van der Waals surface area (Å²) in [5.74, 6) is 0.198. The van der Waals surface area contributed by atoms with Crippen LogP contribution in [0.1, 0.15) is 130 Å². The van der Waals surface area contributed by atoms with Crippen LogP contribution in [0, 0.1) is 45.4 Å². The van der Waals surface area contributed by atoms with E-state index in [-0.39, 0.29) is 40.5 Å². The quantitative estimate of drug-likeness (QED) is 0.163. The van der Waals surface area contributed by atoms with Crippen LogP contribution in [0.25, 0.3) is 0 Å². The second kappa shape index (κ2) is 19.7. The molecule has 0 spiro atoms. The highest BCUT2D eigenvalue weighted by atomic mass is 16.5. The molecule has 0 aliphatic heterocycles. The van der Waals surface area contributed by atoms with E-state index in [1.807, 2.05) is 139 Å². The number of carbonyl (C=O) groups excluding carboxylic acids is 4. The van der Waals surface area contributed by atoms with Crippen LogP contribution in [-0.4, -0.2) is 60.5 Å². The van der Waals surface area contributed by atoms with Crippen molar-refractivity contribution in [3.8, 4) is 11.5 Å². The van der Waals surface area contributed by atoms with Crippen LogP contribution in [0.2, 0.25) is 0 Å². The summed E-state index contributed by atoms with van der Waals surface area (Å²) in [4.78, 5) is 52.8. The standard InChI is InChI=1S/2C24H32N2O3/c1-15-12-16(2)14-19(13-15)23(28)26(18(4)24(5,6)7)25-22(27)20-10-9-11-21(29-8)17(20)3;1-8-19-20(10-9-11-21(19)29-7)22(27)25-26(15-24(4,5)6)23(28)18-13-16(2)12-17(3)14-18/h9-14,18H,1-8H3,(H,25,27);9-14H,8,15H2,1-7H3,(H,25,27). The molecule has 4 aromatic carbocycles. The smallest absolute Gasteiger partial charge is 0.272 e. The first-order valence-corrected chi connectivity index (χ1v) is 19.7. The lowest BCUT2D eigenvalue weighted by molar-refractivity contribution is 0.0336. The van der Waals surface area contributed by atoms with E-state index in [1.54, 1.807) is 38.5 Å². The number of hydrogen-bond acceptors (Lipinski definition) is 6. The minimum absolute atomic E-state index is 0.191. The summed E-state index contributed by atoms with van der Waals surface area (Å²) in [6, 6.07) is 21.9. The summed E-state index contributed by atoms with van der Waals surface area (Å²) < 4.78 is 10.7. The molecule has 58 heavy (non-hydrogen) atoms. The average Bonchev–Trinajstić information content (AvgIpc) is 3.13. The van der Waals surface area contributed by atoms with Gasteiger partial charge in [0.1, 0.15) is 11.5 Å². The van der Waals surface area contributed by atoms with Crippen molar-refractivity contribution in [2.75, 3.05) is 20.8 Å². The van der Waals surface area contributed by atoms with E-state index in [2.05, 4.69) is 10.9 Å². The van der Waals surface area contributed by atoms with Gasteiger partial charge in [0.05, 0.1) is 20.3 Å². The molecule has 1 unspecified atom stereocenters. The van der Waals surface area contributed by atoms with Crippen molar-refractivity contribution < 1.29 is 28.7 Å². The van der Waals surface area contributed by atoms with Gasteiger partial charge in [-0.2, -0.15) is 0 Å². The third-order valence-corrected chi connectivity index (χ3v) is 9.83. The van der Waals surface area contributed by atoms with Gasteiger partial charge in [0.15, 0.2) is 0 Å². The van der Waals surface area contributed by atoms with Crippen LogP contribution in [0.3, 0.4) is 0 Å². The number of methoxy groups -OCH3 is 2. The van der Waals surface area contributed by atoms with Gasteiger partial charge in [-0.3, -0.25) is 30.0 Å². The maximum Gasteiger partial charge on any atom is 0.272 e. The Morgan fingerprint density at radius 1 is 0.638 bits per heavy atom. The first-order chi connectivity index (χ1) is 27.0. The third-order valence-electron chi connectivity index (χ3n) is 9.83. The number of nitrogens with one attached hydrogen (secondary N) is 2. The maximum absolute atomic E-state index is 13.4. The van der Waals surface area contributed by atoms with Gasteiger partial charge >= 0.3 is 0 Å². The minimum Gasteiger partial charge on any atom is -0.496 e.